The summed E-state index contributed by atoms with van der Waals surface area (Å²) in [7, 11) is 3.63. The zero-order valence-electron chi connectivity index (χ0n) is 10.1. The fraction of sp³-hybridized carbons (Fsp3) is 0.909. The van der Waals surface area contributed by atoms with Gasteiger partial charge in [0.05, 0.1) is 6.54 Å². The Balaban J connectivity index is 2.22. The standard InChI is InChI=1S/C11H23N3O/c1-4-12-10-5-7-14(8-6-10)9-11(15)13(2)3/h10,12H,4-9H2,1-3H3. The van der Waals surface area contributed by atoms with Crippen LogP contribution in [-0.4, -0.2) is 62.0 Å². The van der Waals surface area contributed by atoms with Crippen LogP contribution in [0.4, 0.5) is 0 Å². The molecule has 88 valence electrons. The molecule has 15 heavy (non-hydrogen) atoms. The summed E-state index contributed by atoms with van der Waals surface area (Å²) < 4.78 is 0. The number of carbonyl (C=O) groups excluding carboxylic acids is 1. The van der Waals surface area contributed by atoms with Crippen molar-refractivity contribution < 1.29 is 4.79 Å². The molecule has 0 radical (unpaired) electrons. The number of likely N-dealkylation sites (tertiary alicyclic amines) is 1. The summed E-state index contributed by atoms with van der Waals surface area (Å²) in [5.74, 6) is 0.205. The average molecular weight is 213 g/mol. The van der Waals surface area contributed by atoms with Gasteiger partial charge in [0.1, 0.15) is 0 Å². The SMILES string of the molecule is CCNC1CCN(CC(=O)N(C)C)CC1. The van der Waals surface area contributed by atoms with E-state index in [1.165, 1.54) is 0 Å². The van der Waals surface area contributed by atoms with E-state index in [0.29, 0.717) is 12.6 Å². The van der Waals surface area contributed by atoms with E-state index in [4.69, 9.17) is 0 Å². The van der Waals surface area contributed by atoms with Gasteiger partial charge in [-0.1, -0.05) is 6.92 Å². The third-order valence-electron chi connectivity index (χ3n) is 2.94. The molecule has 4 nitrogen and oxygen atoms in total. The third-order valence-corrected chi connectivity index (χ3v) is 2.94. The van der Waals surface area contributed by atoms with Crippen molar-refractivity contribution in [1.82, 2.24) is 15.1 Å². The number of carbonyl (C=O) groups is 1. The molecule has 1 fully saturated rings. The number of piperidine rings is 1. The molecule has 1 rings (SSSR count). The van der Waals surface area contributed by atoms with E-state index in [1.54, 1.807) is 4.90 Å². The van der Waals surface area contributed by atoms with Crippen LogP contribution in [-0.2, 0) is 4.79 Å². The molecule has 1 N–H and O–H groups in total. The summed E-state index contributed by atoms with van der Waals surface area (Å²) in [6.07, 6.45) is 2.32. The molecule has 0 aromatic heterocycles. The predicted octanol–water partition coefficient (Wildman–Crippen LogP) is 0.149. The van der Waals surface area contributed by atoms with Gasteiger partial charge in [-0.05, 0) is 19.4 Å². The summed E-state index contributed by atoms with van der Waals surface area (Å²) in [4.78, 5) is 15.4. The van der Waals surface area contributed by atoms with Gasteiger partial charge in [0.2, 0.25) is 5.91 Å². The van der Waals surface area contributed by atoms with E-state index >= 15 is 0 Å². The molecule has 1 aliphatic rings. The van der Waals surface area contributed by atoms with Gasteiger partial charge in [-0.25, -0.2) is 0 Å². The normalized spacial score (nSPS) is 19.1. The fourth-order valence-corrected chi connectivity index (χ4v) is 1.92. The van der Waals surface area contributed by atoms with Crippen LogP contribution in [0.5, 0.6) is 0 Å². The van der Waals surface area contributed by atoms with E-state index in [1.807, 2.05) is 14.1 Å². The van der Waals surface area contributed by atoms with E-state index in [-0.39, 0.29) is 5.91 Å². The predicted molar refractivity (Wildman–Crippen MR) is 61.8 cm³/mol. The molecule has 0 aromatic rings. The van der Waals surface area contributed by atoms with Crippen LogP contribution in [0.2, 0.25) is 0 Å². The average Bonchev–Trinajstić information content (AvgIpc) is 2.21. The molecular formula is C11H23N3O. The van der Waals surface area contributed by atoms with Crippen LogP contribution in [0, 0.1) is 0 Å². The summed E-state index contributed by atoms with van der Waals surface area (Å²) in [5.41, 5.74) is 0. The number of nitrogens with zero attached hydrogens (tertiary/aromatic N) is 2. The molecule has 0 unspecified atom stereocenters. The van der Waals surface area contributed by atoms with E-state index < -0.39 is 0 Å². The Labute approximate surface area is 92.6 Å². The monoisotopic (exact) mass is 213 g/mol. The highest BCUT2D eigenvalue weighted by molar-refractivity contribution is 5.77. The maximum Gasteiger partial charge on any atom is 0.236 e. The summed E-state index contributed by atoms with van der Waals surface area (Å²) in [6, 6.07) is 0.653. The Hall–Kier alpha value is -0.610. The highest BCUT2D eigenvalue weighted by atomic mass is 16.2. The molecule has 1 amide bonds. The number of rotatable bonds is 4. The van der Waals surface area contributed by atoms with Gasteiger partial charge in [-0.15, -0.1) is 0 Å². The van der Waals surface area contributed by atoms with Crippen LogP contribution in [0.15, 0.2) is 0 Å². The second-order valence-electron chi connectivity index (χ2n) is 4.40. The third kappa shape index (κ3) is 4.18. The second kappa shape index (κ2) is 6.08. The molecule has 0 spiro atoms. The van der Waals surface area contributed by atoms with E-state index in [9.17, 15) is 4.79 Å². The van der Waals surface area contributed by atoms with Crippen LogP contribution in [0.1, 0.15) is 19.8 Å². The highest BCUT2D eigenvalue weighted by Gasteiger charge is 2.20. The first kappa shape index (κ1) is 12.5. The largest absolute Gasteiger partial charge is 0.348 e. The van der Waals surface area contributed by atoms with Crippen molar-refractivity contribution in [2.75, 3.05) is 40.3 Å². The molecule has 0 saturated carbocycles. The van der Waals surface area contributed by atoms with Gasteiger partial charge in [0, 0.05) is 33.2 Å². The van der Waals surface area contributed by atoms with Crippen molar-refractivity contribution in [2.24, 2.45) is 0 Å². The zero-order valence-corrected chi connectivity index (χ0v) is 10.1. The minimum absolute atomic E-state index is 0.205. The molecule has 4 heteroatoms. The number of amides is 1. The maximum atomic E-state index is 11.5. The van der Waals surface area contributed by atoms with Crippen molar-refractivity contribution in [3.05, 3.63) is 0 Å². The molecule has 0 bridgehead atoms. The van der Waals surface area contributed by atoms with Gasteiger partial charge in [-0.2, -0.15) is 0 Å². The maximum absolute atomic E-state index is 11.5. The van der Waals surface area contributed by atoms with E-state index in [2.05, 4.69) is 17.1 Å². The molecule has 1 aliphatic heterocycles. The molecule has 1 heterocycles. The number of hydrogen-bond donors (Lipinski definition) is 1. The van der Waals surface area contributed by atoms with Crippen molar-refractivity contribution in [3.8, 4) is 0 Å². The topological polar surface area (TPSA) is 35.6 Å². The van der Waals surface area contributed by atoms with Crippen LogP contribution < -0.4 is 5.32 Å². The quantitative estimate of drug-likeness (QED) is 0.722. The van der Waals surface area contributed by atoms with Gasteiger partial charge in [0.25, 0.3) is 0 Å². The molecule has 0 aliphatic carbocycles. The van der Waals surface area contributed by atoms with Crippen molar-refractivity contribution in [1.29, 1.82) is 0 Å². The minimum Gasteiger partial charge on any atom is -0.348 e. The number of likely N-dealkylation sites (N-methyl/N-ethyl adjacent to an activating group) is 1. The van der Waals surface area contributed by atoms with Crippen LogP contribution in [0.3, 0.4) is 0 Å². The minimum atomic E-state index is 0.205. The summed E-state index contributed by atoms with van der Waals surface area (Å²) in [5, 5.41) is 3.46. The lowest BCUT2D eigenvalue weighted by molar-refractivity contribution is -0.130. The first-order chi connectivity index (χ1) is 7.13. The Kier molecular flexibility index (Phi) is 5.05. The van der Waals surface area contributed by atoms with Crippen LogP contribution >= 0.6 is 0 Å². The molecule has 0 aromatic carbocycles. The Morgan fingerprint density at radius 2 is 2.00 bits per heavy atom. The van der Waals surface area contributed by atoms with Gasteiger partial charge < -0.3 is 10.2 Å². The Morgan fingerprint density at radius 3 is 2.47 bits per heavy atom. The number of hydrogen-bond acceptors (Lipinski definition) is 3. The van der Waals surface area contributed by atoms with Gasteiger partial charge >= 0.3 is 0 Å². The summed E-state index contributed by atoms with van der Waals surface area (Å²) in [6.45, 7) is 5.84. The van der Waals surface area contributed by atoms with Gasteiger partial charge in [0.15, 0.2) is 0 Å². The Morgan fingerprint density at radius 1 is 1.40 bits per heavy atom. The van der Waals surface area contributed by atoms with Crippen molar-refractivity contribution in [3.63, 3.8) is 0 Å². The lowest BCUT2D eigenvalue weighted by Crippen LogP contribution is -2.45. The fourth-order valence-electron chi connectivity index (χ4n) is 1.92. The van der Waals surface area contributed by atoms with Crippen molar-refractivity contribution >= 4 is 5.91 Å². The lowest BCUT2D eigenvalue weighted by atomic mass is 10.1. The lowest BCUT2D eigenvalue weighted by Gasteiger charge is -2.32. The second-order valence-corrected chi connectivity index (χ2v) is 4.40. The first-order valence-corrected chi connectivity index (χ1v) is 5.79. The van der Waals surface area contributed by atoms with Gasteiger partial charge in [-0.3, -0.25) is 9.69 Å². The van der Waals surface area contributed by atoms with Crippen molar-refractivity contribution in [2.45, 2.75) is 25.8 Å². The van der Waals surface area contributed by atoms with Crippen LogP contribution in [0.25, 0.3) is 0 Å². The molecular weight excluding hydrogens is 190 g/mol. The number of nitrogens with one attached hydrogen (secondary N) is 1. The van der Waals surface area contributed by atoms with E-state index in [0.717, 1.165) is 32.5 Å². The smallest absolute Gasteiger partial charge is 0.236 e. The summed E-state index contributed by atoms with van der Waals surface area (Å²) >= 11 is 0. The Bertz CT molecular complexity index is 198. The molecule has 1 saturated heterocycles. The molecule has 0 atom stereocenters. The first-order valence-electron chi connectivity index (χ1n) is 5.79. The zero-order chi connectivity index (χ0) is 11.3. The highest BCUT2D eigenvalue weighted by Crippen LogP contribution is 2.09.